The van der Waals surface area contributed by atoms with Gasteiger partial charge >= 0.3 is 5.97 Å². The lowest BCUT2D eigenvalue weighted by Gasteiger charge is -2.13. The van der Waals surface area contributed by atoms with E-state index >= 15 is 0 Å². The molecule has 0 saturated heterocycles. The second-order valence-corrected chi connectivity index (χ2v) is 6.83. The van der Waals surface area contributed by atoms with Crippen LogP contribution in [0.1, 0.15) is 25.6 Å². The minimum atomic E-state index is -1.07. The summed E-state index contributed by atoms with van der Waals surface area (Å²) in [6.07, 6.45) is 0. The fraction of sp³-hybridized carbons (Fsp3) is 0.278. The molecule has 3 rings (SSSR count). The SMILES string of the molecule is COc1cccc(-c2csc3nc(C(C)C)n(CC(=O)O)c(=O)c23)c1. The molecule has 3 aromatic rings. The molecular weight excluding hydrogens is 340 g/mol. The van der Waals surface area contributed by atoms with Crippen LogP contribution in [0.15, 0.2) is 34.4 Å². The van der Waals surface area contributed by atoms with Crippen LogP contribution in [0.3, 0.4) is 0 Å². The highest BCUT2D eigenvalue weighted by Crippen LogP contribution is 2.33. The lowest BCUT2D eigenvalue weighted by molar-refractivity contribution is -0.137. The van der Waals surface area contributed by atoms with Crippen LogP contribution in [0.25, 0.3) is 21.3 Å². The van der Waals surface area contributed by atoms with Crippen molar-refractivity contribution in [2.24, 2.45) is 0 Å². The molecule has 2 aromatic heterocycles. The summed E-state index contributed by atoms with van der Waals surface area (Å²) in [4.78, 5) is 29.4. The van der Waals surface area contributed by atoms with Crippen molar-refractivity contribution < 1.29 is 14.6 Å². The topological polar surface area (TPSA) is 81.4 Å². The molecule has 130 valence electrons. The summed E-state index contributed by atoms with van der Waals surface area (Å²) in [6, 6.07) is 7.42. The van der Waals surface area contributed by atoms with E-state index in [1.54, 1.807) is 7.11 Å². The number of aliphatic carboxylic acids is 1. The van der Waals surface area contributed by atoms with Crippen molar-refractivity contribution in [2.45, 2.75) is 26.3 Å². The van der Waals surface area contributed by atoms with Gasteiger partial charge in [0.05, 0.1) is 12.5 Å². The van der Waals surface area contributed by atoms with E-state index in [0.29, 0.717) is 21.8 Å². The monoisotopic (exact) mass is 358 g/mol. The van der Waals surface area contributed by atoms with E-state index in [4.69, 9.17) is 4.74 Å². The second kappa shape index (κ2) is 6.68. The van der Waals surface area contributed by atoms with Crippen LogP contribution in [-0.4, -0.2) is 27.7 Å². The smallest absolute Gasteiger partial charge is 0.323 e. The molecular formula is C18H18N2O4S. The minimum absolute atomic E-state index is 0.0566. The largest absolute Gasteiger partial charge is 0.497 e. The van der Waals surface area contributed by atoms with Crippen LogP contribution in [-0.2, 0) is 11.3 Å². The number of hydrogen-bond donors (Lipinski definition) is 1. The number of carbonyl (C=O) groups is 1. The number of carboxylic acids is 1. The molecule has 0 bridgehead atoms. The molecule has 25 heavy (non-hydrogen) atoms. The first kappa shape index (κ1) is 17.2. The fourth-order valence-corrected chi connectivity index (χ4v) is 3.72. The van der Waals surface area contributed by atoms with Crippen molar-refractivity contribution in [1.82, 2.24) is 9.55 Å². The number of rotatable bonds is 5. The van der Waals surface area contributed by atoms with Crippen LogP contribution >= 0.6 is 11.3 Å². The standard InChI is InChI=1S/C18H18N2O4S/c1-10(2)16-19-17-15(18(23)20(16)8-14(21)22)13(9-25-17)11-5-4-6-12(7-11)24-3/h4-7,9-10H,8H2,1-3H3,(H,21,22). The van der Waals surface area contributed by atoms with Crippen molar-refractivity contribution in [3.63, 3.8) is 0 Å². The third kappa shape index (κ3) is 3.15. The Kier molecular flexibility index (Phi) is 4.59. The number of hydrogen-bond acceptors (Lipinski definition) is 5. The Hall–Kier alpha value is -2.67. The highest BCUT2D eigenvalue weighted by molar-refractivity contribution is 7.17. The first-order valence-corrected chi connectivity index (χ1v) is 8.68. The summed E-state index contributed by atoms with van der Waals surface area (Å²) in [7, 11) is 1.58. The Balaban J connectivity index is 2.30. The molecule has 7 heteroatoms. The van der Waals surface area contributed by atoms with Gasteiger partial charge in [-0.05, 0) is 17.7 Å². The summed E-state index contributed by atoms with van der Waals surface area (Å²) in [5, 5.41) is 11.5. The van der Waals surface area contributed by atoms with Gasteiger partial charge in [-0.25, -0.2) is 4.98 Å². The molecule has 1 aromatic carbocycles. The molecule has 0 unspecified atom stereocenters. The zero-order valence-corrected chi connectivity index (χ0v) is 15.0. The molecule has 0 radical (unpaired) electrons. The third-order valence-corrected chi connectivity index (χ3v) is 4.79. The van der Waals surface area contributed by atoms with Gasteiger partial charge < -0.3 is 9.84 Å². The predicted octanol–water partition coefficient (Wildman–Crippen LogP) is 3.34. The molecule has 0 atom stereocenters. The molecule has 6 nitrogen and oxygen atoms in total. The van der Waals surface area contributed by atoms with E-state index in [1.165, 1.54) is 15.9 Å². The zero-order chi connectivity index (χ0) is 18.1. The quantitative estimate of drug-likeness (QED) is 0.756. The van der Waals surface area contributed by atoms with Crippen molar-refractivity contribution in [1.29, 1.82) is 0 Å². The van der Waals surface area contributed by atoms with Gasteiger partial charge in [0.15, 0.2) is 0 Å². The first-order chi connectivity index (χ1) is 11.9. The Morgan fingerprint density at radius 2 is 2.16 bits per heavy atom. The van der Waals surface area contributed by atoms with Gasteiger partial charge in [0.25, 0.3) is 5.56 Å². The average molecular weight is 358 g/mol. The number of methoxy groups -OCH3 is 1. The van der Waals surface area contributed by atoms with E-state index in [0.717, 1.165) is 11.1 Å². The normalized spacial score (nSPS) is 11.2. The fourth-order valence-electron chi connectivity index (χ4n) is 2.77. The van der Waals surface area contributed by atoms with E-state index in [1.807, 2.05) is 43.5 Å². The summed E-state index contributed by atoms with van der Waals surface area (Å²) < 4.78 is 6.50. The maximum absolute atomic E-state index is 13.0. The van der Waals surface area contributed by atoms with Crippen LogP contribution in [0.4, 0.5) is 0 Å². The van der Waals surface area contributed by atoms with Gasteiger partial charge in [0.2, 0.25) is 0 Å². The number of fused-ring (bicyclic) bond motifs is 1. The Morgan fingerprint density at radius 1 is 1.40 bits per heavy atom. The van der Waals surface area contributed by atoms with E-state index in [9.17, 15) is 14.7 Å². The van der Waals surface area contributed by atoms with Crippen LogP contribution in [0.5, 0.6) is 5.75 Å². The molecule has 2 heterocycles. The van der Waals surface area contributed by atoms with E-state index in [2.05, 4.69) is 4.98 Å². The molecule has 0 spiro atoms. The van der Waals surface area contributed by atoms with Crippen molar-refractivity contribution in [3.8, 4) is 16.9 Å². The number of aromatic nitrogens is 2. The zero-order valence-electron chi connectivity index (χ0n) is 14.1. The third-order valence-electron chi connectivity index (χ3n) is 3.91. The van der Waals surface area contributed by atoms with Gasteiger partial charge in [-0.3, -0.25) is 14.2 Å². The van der Waals surface area contributed by atoms with Crippen LogP contribution in [0.2, 0.25) is 0 Å². The molecule has 0 fully saturated rings. The number of carboxylic acid groups (broad SMARTS) is 1. The van der Waals surface area contributed by atoms with Gasteiger partial charge in [-0.2, -0.15) is 0 Å². The number of nitrogens with zero attached hydrogens (tertiary/aromatic N) is 2. The maximum atomic E-state index is 13.0. The summed E-state index contributed by atoms with van der Waals surface area (Å²) >= 11 is 1.38. The lowest BCUT2D eigenvalue weighted by atomic mass is 10.1. The molecule has 0 aliphatic heterocycles. The Morgan fingerprint density at radius 3 is 2.80 bits per heavy atom. The minimum Gasteiger partial charge on any atom is -0.497 e. The highest BCUT2D eigenvalue weighted by atomic mass is 32.1. The number of benzene rings is 1. The van der Waals surface area contributed by atoms with Crippen molar-refractivity contribution in [3.05, 3.63) is 45.8 Å². The lowest BCUT2D eigenvalue weighted by Crippen LogP contribution is -2.29. The Labute approximate surface area is 148 Å². The van der Waals surface area contributed by atoms with Gasteiger partial charge in [0.1, 0.15) is 22.9 Å². The highest BCUT2D eigenvalue weighted by Gasteiger charge is 2.20. The van der Waals surface area contributed by atoms with Gasteiger partial charge in [0, 0.05) is 16.9 Å². The van der Waals surface area contributed by atoms with Gasteiger partial charge in [-0.15, -0.1) is 11.3 Å². The molecule has 0 saturated carbocycles. The van der Waals surface area contributed by atoms with E-state index in [-0.39, 0.29) is 11.5 Å². The summed E-state index contributed by atoms with van der Waals surface area (Å²) in [6.45, 7) is 3.38. The molecule has 0 amide bonds. The molecule has 1 N–H and O–H groups in total. The van der Waals surface area contributed by atoms with Gasteiger partial charge in [-0.1, -0.05) is 26.0 Å². The predicted molar refractivity (Wildman–Crippen MR) is 97.6 cm³/mol. The van der Waals surface area contributed by atoms with E-state index < -0.39 is 12.5 Å². The van der Waals surface area contributed by atoms with Crippen LogP contribution in [0, 0.1) is 0 Å². The second-order valence-electron chi connectivity index (χ2n) is 5.97. The Bertz CT molecular complexity index is 1000. The summed E-state index contributed by atoms with van der Waals surface area (Å²) in [5.41, 5.74) is 1.25. The maximum Gasteiger partial charge on any atom is 0.323 e. The van der Waals surface area contributed by atoms with Crippen LogP contribution < -0.4 is 10.3 Å². The summed E-state index contributed by atoms with van der Waals surface area (Å²) in [5.74, 6) is 0.0514. The number of ether oxygens (including phenoxy) is 1. The molecule has 0 aliphatic carbocycles. The van der Waals surface area contributed by atoms with Crippen molar-refractivity contribution in [2.75, 3.05) is 7.11 Å². The van der Waals surface area contributed by atoms with Crippen molar-refractivity contribution >= 4 is 27.5 Å². The average Bonchev–Trinajstić information content (AvgIpc) is 3.01. The first-order valence-electron chi connectivity index (χ1n) is 7.80. The molecule has 0 aliphatic rings. The number of thiophene rings is 1.